The molecule has 2 aromatic carbocycles. The number of benzene rings is 2. The molecule has 0 bridgehead atoms. The molecule has 0 saturated heterocycles. The van der Waals surface area contributed by atoms with E-state index in [-0.39, 0.29) is 24.3 Å². The lowest BCUT2D eigenvalue weighted by Gasteiger charge is -2.24. The van der Waals surface area contributed by atoms with Crippen molar-refractivity contribution in [3.63, 3.8) is 0 Å². The Morgan fingerprint density at radius 1 is 1.13 bits per heavy atom. The molecule has 1 aromatic heterocycles. The maximum absolute atomic E-state index is 12.8. The van der Waals surface area contributed by atoms with Crippen molar-refractivity contribution in [1.29, 1.82) is 0 Å². The Bertz CT molecular complexity index is 1220. The molecule has 5 rings (SSSR count). The highest BCUT2D eigenvalue weighted by atomic mass is 35.5. The molecule has 31 heavy (non-hydrogen) atoms. The number of carbonyl (C=O) groups is 3. The van der Waals surface area contributed by atoms with Crippen LogP contribution in [0, 0.1) is 0 Å². The van der Waals surface area contributed by atoms with E-state index in [1.807, 2.05) is 18.2 Å². The fraction of sp³-hybridized carbons (Fsp3) is 0.261. The van der Waals surface area contributed by atoms with E-state index in [1.54, 1.807) is 24.3 Å². The molecule has 1 aliphatic carbocycles. The van der Waals surface area contributed by atoms with Crippen LogP contribution in [0.2, 0.25) is 5.02 Å². The Kier molecular flexibility index (Phi) is 4.90. The molecule has 0 spiro atoms. The van der Waals surface area contributed by atoms with Crippen molar-refractivity contribution in [3.05, 3.63) is 64.3 Å². The van der Waals surface area contributed by atoms with Gasteiger partial charge in [0.05, 0.1) is 34.3 Å². The normalized spacial score (nSPS) is 20.3. The van der Waals surface area contributed by atoms with E-state index < -0.39 is 11.9 Å². The van der Waals surface area contributed by atoms with E-state index in [4.69, 9.17) is 11.6 Å². The maximum atomic E-state index is 12.8. The van der Waals surface area contributed by atoms with Crippen LogP contribution in [0.1, 0.15) is 46.9 Å². The minimum Gasteiger partial charge on any atom is -0.355 e. The second-order valence-electron chi connectivity index (χ2n) is 7.96. The fourth-order valence-electron chi connectivity index (χ4n) is 4.49. The number of aryl methyl sites for hydroxylation is 1. The summed E-state index contributed by atoms with van der Waals surface area (Å²) in [4.78, 5) is 41.3. The van der Waals surface area contributed by atoms with Gasteiger partial charge in [-0.05, 0) is 43.0 Å². The standard InChI is InChI=1S/C23H21ClN4O3/c24-15-8-3-6-12-13-7-4-10-17(21(13)28-20(12)15)25-19(29)11-18-23(31)26-16-9-2-1-5-14(16)22(30)27-18/h1-3,5-6,8-9,17-18,28H,4,7,10-11H2,(H,25,29)(H,26,31)(H,27,30)/t17-,18-/m0/s1. The average molecular weight is 437 g/mol. The molecule has 158 valence electrons. The van der Waals surface area contributed by atoms with E-state index in [0.717, 1.165) is 35.9 Å². The molecule has 2 heterocycles. The lowest BCUT2D eigenvalue weighted by Crippen LogP contribution is -2.45. The third kappa shape index (κ3) is 3.55. The molecule has 3 aromatic rings. The third-order valence-corrected chi connectivity index (χ3v) is 6.28. The first-order chi connectivity index (χ1) is 15.0. The first-order valence-electron chi connectivity index (χ1n) is 10.3. The van der Waals surface area contributed by atoms with Gasteiger partial charge in [-0.1, -0.05) is 35.9 Å². The summed E-state index contributed by atoms with van der Waals surface area (Å²) in [6.07, 6.45) is 2.50. The highest BCUT2D eigenvalue weighted by Gasteiger charge is 2.31. The van der Waals surface area contributed by atoms with E-state index in [9.17, 15) is 14.4 Å². The first-order valence-corrected chi connectivity index (χ1v) is 10.7. The van der Waals surface area contributed by atoms with Crippen LogP contribution >= 0.6 is 11.6 Å². The Balaban J connectivity index is 1.33. The summed E-state index contributed by atoms with van der Waals surface area (Å²) in [5.74, 6) is -1.08. The summed E-state index contributed by atoms with van der Waals surface area (Å²) < 4.78 is 0. The maximum Gasteiger partial charge on any atom is 0.254 e. The predicted octanol–water partition coefficient (Wildman–Crippen LogP) is 3.46. The van der Waals surface area contributed by atoms with Gasteiger partial charge in [0.2, 0.25) is 11.8 Å². The van der Waals surface area contributed by atoms with Crippen molar-refractivity contribution in [2.45, 2.75) is 37.8 Å². The van der Waals surface area contributed by atoms with Gasteiger partial charge in [0.25, 0.3) is 5.91 Å². The fourth-order valence-corrected chi connectivity index (χ4v) is 4.71. The molecule has 1 aliphatic heterocycles. The zero-order valence-electron chi connectivity index (χ0n) is 16.6. The van der Waals surface area contributed by atoms with Gasteiger partial charge >= 0.3 is 0 Å². The van der Waals surface area contributed by atoms with Crippen LogP contribution in [0.4, 0.5) is 5.69 Å². The summed E-state index contributed by atoms with van der Waals surface area (Å²) in [5, 5.41) is 10.2. The van der Waals surface area contributed by atoms with Gasteiger partial charge in [0.1, 0.15) is 6.04 Å². The van der Waals surface area contributed by atoms with Gasteiger partial charge in [-0.15, -0.1) is 0 Å². The smallest absolute Gasteiger partial charge is 0.254 e. The summed E-state index contributed by atoms with van der Waals surface area (Å²) in [6.45, 7) is 0. The minimum absolute atomic E-state index is 0.140. The average Bonchev–Trinajstić information content (AvgIpc) is 3.09. The van der Waals surface area contributed by atoms with Crippen LogP contribution < -0.4 is 16.0 Å². The molecule has 8 heteroatoms. The van der Waals surface area contributed by atoms with Crippen molar-refractivity contribution in [3.8, 4) is 0 Å². The van der Waals surface area contributed by atoms with Crippen molar-refractivity contribution >= 4 is 45.9 Å². The van der Waals surface area contributed by atoms with Crippen LogP contribution in [-0.4, -0.2) is 28.7 Å². The molecule has 7 nitrogen and oxygen atoms in total. The molecule has 3 amide bonds. The van der Waals surface area contributed by atoms with Gasteiger partial charge in [0, 0.05) is 11.1 Å². The highest BCUT2D eigenvalue weighted by molar-refractivity contribution is 6.35. The van der Waals surface area contributed by atoms with Gasteiger partial charge in [-0.2, -0.15) is 0 Å². The Labute approximate surface area is 183 Å². The number of nitrogens with one attached hydrogen (secondary N) is 4. The minimum atomic E-state index is -0.944. The van der Waals surface area contributed by atoms with Crippen molar-refractivity contribution in [1.82, 2.24) is 15.6 Å². The number of para-hydroxylation sites is 2. The van der Waals surface area contributed by atoms with Gasteiger partial charge in [0.15, 0.2) is 0 Å². The van der Waals surface area contributed by atoms with Gasteiger partial charge < -0.3 is 20.9 Å². The number of fused-ring (bicyclic) bond motifs is 4. The number of H-pyrrole nitrogens is 1. The van der Waals surface area contributed by atoms with Crippen LogP contribution in [0.5, 0.6) is 0 Å². The Morgan fingerprint density at radius 2 is 1.97 bits per heavy atom. The number of carbonyl (C=O) groups excluding carboxylic acids is 3. The number of anilines is 1. The summed E-state index contributed by atoms with van der Waals surface area (Å²) in [5.41, 5.74) is 3.84. The molecule has 0 saturated carbocycles. The zero-order valence-corrected chi connectivity index (χ0v) is 17.4. The molecular formula is C23H21ClN4O3. The lowest BCUT2D eigenvalue weighted by atomic mass is 9.91. The summed E-state index contributed by atoms with van der Waals surface area (Å²) >= 11 is 6.34. The number of aromatic amines is 1. The van der Waals surface area contributed by atoms with Gasteiger partial charge in [-0.3, -0.25) is 14.4 Å². The quantitative estimate of drug-likeness (QED) is 0.505. The number of rotatable bonds is 3. The molecule has 4 N–H and O–H groups in total. The van der Waals surface area contributed by atoms with Crippen LogP contribution in [0.25, 0.3) is 10.9 Å². The van der Waals surface area contributed by atoms with Crippen LogP contribution in [-0.2, 0) is 16.0 Å². The van der Waals surface area contributed by atoms with Gasteiger partial charge in [-0.25, -0.2) is 0 Å². The zero-order chi connectivity index (χ0) is 21.5. The predicted molar refractivity (Wildman–Crippen MR) is 118 cm³/mol. The Hall–Kier alpha value is -3.32. The molecule has 2 aliphatic rings. The topological polar surface area (TPSA) is 103 Å². The molecular weight excluding hydrogens is 416 g/mol. The lowest BCUT2D eigenvalue weighted by molar-refractivity contribution is -0.126. The second-order valence-corrected chi connectivity index (χ2v) is 8.36. The third-order valence-electron chi connectivity index (χ3n) is 5.97. The highest BCUT2D eigenvalue weighted by Crippen LogP contribution is 2.37. The number of aromatic nitrogens is 1. The monoisotopic (exact) mass is 436 g/mol. The first kappa shape index (κ1) is 19.6. The van der Waals surface area contributed by atoms with Crippen LogP contribution in [0.3, 0.4) is 0 Å². The summed E-state index contributed by atoms with van der Waals surface area (Å²) in [6, 6.07) is 11.4. The molecule has 0 fully saturated rings. The number of hydrogen-bond acceptors (Lipinski definition) is 3. The SMILES string of the molecule is O=C(C[C@@H]1NC(=O)c2ccccc2NC1=O)N[C@H]1CCCc2c1[nH]c1c(Cl)cccc21. The molecule has 2 atom stereocenters. The van der Waals surface area contributed by atoms with Crippen LogP contribution in [0.15, 0.2) is 42.5 Å². The van der Waals surface area contributed by atoms with Crippen molar-refractivity contribution in [2.24, 2.45) is 0 Å². The largest absolute Gasteiger partial charge is 0.355 e. The summed E-state index contributed by atoms with van der Waals surface area (Å²) in [7, 11) is 0. The Morgan fingerprint density at radius 3 is 2.84 bits per heavy atom. The number of halogens is 1. The van der Waals surface area contributed by atoms with E-state index >= 15 is 0 Å². The van der Waals surface area contributed by atoms with Crippen molar-refractivity contribution in [2.75, 3.05) is 5.32 Å². The molecule has 0 unspecified atom stereocenters. The number of hydrogen-bond donors (Lipinski definition) is 4. The van der Waals surface area contributed by atoms with E-state index in [1.165, 1.54) is 5.56 Å². The molecule has 0 radical (unpaired) electrons. The van der Waals surface area contributed by atoms with E-state index in [2.05, 4.69) is 20.9 Å². The van der Waals surface area contributed by atoms with Crippen molar-refractivity contribution < 1.29 is 14.4 Å². The van der Waals surface area contributed by atoms with E-state index in [0.29, 0.717) is 16.3 Å². The second kappa shape index (κ2) is 7.74. The number of amides is 3.